The number of fused-ring (bicyclic) bond motifs is 3. The second-order valence-electron chi connectivity index (χ2n) is 5.98. The molecule has 0 atom stereocenters. The summed E-state index contributed by atoms with van der Waals surface area (Å²) < 4.78 is 13.4. The predicted molar refractivity (Wildman–Crippen MR) is 102 cm³/mol. The molecule has 0 aliphatic heterocycles. The number of halogens is 1. The largest absolute Gasteiger partial charge is 0.325 e. The van der Waals surface area contributed by atoms with Crippen molar-refractivity contribution in [3.05, 3.63) is 50.9 Å². The van der Waals surface area contributed by atoms with Gasteiger partial charge in [-0.2, -0.15) is 4.39 Å². The van der Waals surface area contributed by atoms with E-state index in [1.807, 2.05) is 0 Å². The highest BCUT2D eigenvalue weighted by atomic mass is 32.2. The van der Waals surface area contributed by atoms with Gasteiger partial charge >= 0.3 is 5.69 Å². The third-order valence-corrected chi connectivity index (χ3v) is 6.42. The van der Waals surface area contributed by atoms with Crippen LogP contribution in [-0.2, 0) is 17.6 Å². The highest BCUT2D eigenvalue weighted by Crippen LogP contribution is 2.40. The molecular weight excluding hydrogens is 391 g/mol. The third kappa shape index (κ3) is 3.50. The van der Waals surface area contributed by atoms with E-state index in [1.165, 1.54) is 34.6 Å². The van der Waals surface area contributed by atoms with Gasteiger partial charge in [-0.3, -0.25) is 14.9 Å². The number of nitro benzene ring substituents is 1. The van der Waals surface area contributed by atoms with Gasteiger partial charge in [0.15, 0.2) is 0 Å². The van der Waals surface area contributed by atoms with Crippen molar-refractivity contribution in [2.45, 2.75) is 24.3 Å². The standard InChI is InChI=1S/C17H13FN4O3S2/c18-11-5-4-9(6-12(11)22(24)25)21-14(23)7-26-16-15-10-2-1-3-13(10)27-17(15)20-8-19-16/h4-6,8H,1-3,7H2,(H,21,23). The molecule has 1 aromatic carbocycles. The fourth-order valence-electron chi connectivity index (χ4n) is 3.07. The molecule has 1 amide bonds. The van der Waals surface area contributed by atoms with Crippen molar-refractivity contribution in [1.82, 2.24) is 9.97 Å². The molecule has 0 unspecified atom stereocenters. The van der Waals surface area contributed by atoms with E-state index in [-0.39, 0.29) is 17.3 Å². The van der Waals surface area contributed by atoms with Gasteiger partial charge < -0.3 is 5.32 Å². The molecule has 0 spiro atoms. The molecule has 0 saturated carbocycles. The van der Waals surface area contributed by atoms with E-state index in [0.29, 0.717) is 0 Å². The number of hydrogen-bond acceptors (Lipinski definition) is 7. The van der Waals surface area contributed by atoms with Crippen LogP contribution in [0.4, 0.5) is 15.8 Å². The van der Waals surface area contributed by atoms with E-state index in [0.717, 1.165) is 46.6 Å². The summed E-state index contributed by atoms with van der Waals surface area (Å²) in [5, 5.41) is 15.2. The van der Waals surface area contributed by atoms with Crippen molar-refractivity contribution in [3.8, 4) is 0 Å². The number of anilines is 1. The number of nitrogens with one attached hydrogen (secondary N) is 1. The summed E-state index contributed by atoms with van der Waals surface area (Å²) in [6.45, 7) is 0. The lowest BCUT2D eigenvalue weighted by atomic mass is 10.2. The van der Waals surface area contributed by atoms with Crippen molar-refractivity contribution < 1.29 is 14.1 Å². The first kappa shape index (κ1) is 17.8. The van der Waals surface area contributed by atoms with Crippen LogP contribution >= 0.6 is 23.1 Å². The minimum Gasteiger partial charge on any atom is -0.325 e. The van der Waals surface area contributed by atoms with Gasteiger partial charge in [-0.15, -0.1) is 11.3 Å². The molecule has 4 rings (SSSR count). The van der Waals surface area contributed by atoms with Crippen molar-refractivity contribution in [2.24, 2.45) is 0 Å². The molecule has 138 valence electrons. The first-order valence-electron chi connectivity index (χ1n) is 8.15. The lowest BCUT2D eigenvalue weighted by molar-refractivity contribution is -0.387. The molecule has 10 heteroatoms. The first-order valence-corrected chi connectivity index (χ1v) is 9.95. The zero-order valence-electron chi connectivity index (χ0n) is 13.9. The average molecular weight is 404 g/mol. The molecule has 1 N–H and O–H groups in total. The zero-order valence-corrected chi connectivity index (χ0v) is 15.5. The number of carbonyl (C=O) groups is 1. The summed E-state index contributed by atoms with van der Waals surface area (Å²) in [6, 6.07) is 3.26. The maximum absolute atomic E-state index is 13.4. The summed E-state index contributed by atoms with van der Waals surface area (Å²) in [5.41, 5.74) is 0.789. The van der Waals surface area contributed by atoms with Crippen LogP contribution in [-0.4, -0.2) is 26.6 Å². The van der Waals surface area contributed by atoms with Gasteiger partial charge in [-0.25, -0.2) is 9.97 Å². The van der Waals surface area contributed by atoms with Crippen LogP contribution in [0.2, 0.25) is 0 Å². The number of rotatable bonds is 5. The Morgan fingerprint density at radius 1 is 1.37 bits per heavy atom. The maximum atomic E-state index is 13.4. The number of amides is 1. The molecule has 2 aromatic heterocycles. The van der Waals surface area contributed by atoms with Crippen LogP contribution in [0.25, 0.3) is 10.2 Å². The van der Waals surface area contributed by atoms with E-state index in [2.05, 4.69) is 15.3 Å². The van der Waals surface area contributed by atoms with Crippen LogP contribution in [0.5, 0.6) is 0 Å². The van der Waals surface area contributed by atoms with Crippen LogP contribution in [0.3, 0.4) is 0 Å². The number of nitrogens with zero attached hydrogens (tertiary/aromatic N) is 3. The topological polar surface area (TPSA) is 98.0 Å². The third-order valence-electron chi connectivity index (χ3n) is 4.23. The smallest absolute Gasteiger partial charge is 0.306 e. The molecule has 27 heavy (non-hydrogen) atoms. The monoisotopic (exact) mass is 404 g/mol. The number of nitro groups is 1. The highest BCUT2D eigenvalue weighted by Gasteiger charge is 2.22. The van der Waals surface area contributed by atoms with E-state index < -0.39 is 16.4 Å². The molecule has 1 aliphatic rings. The van der Waals surface area contributed by atoms with Crippen LogP contribution < -0.4 is 5.32 Å². The molecular formula is C17H13FN4O3S2. The molecule has 0 saturated heterocycles. The summed E-state index contributed by atoms with van der Waals surface area (Å²) in [6.07, 6.45) is 4.68. The number of hydrogen-bond donors (Lipinski definition) is 1. The Balaban J connectivity index is 1.48. The van der Waals surface area contributed by atoms with Gasteiger partial charge in [0.25, 0.3) is 0 Å². The van der Waals surface area contributed by atoms with Gasteiger partial charge in [0.05, 0.1) is 10.7 Å². The Bertz CT molecular complexity index is 1070. The lowest BCUT2D eigenvalue weighted by Crippen LogP contribution is -2.14. The number of aromatic nitrogens is 2. The van der Waals surface area contributed by atoms with E-state index in [1.54, 1.807) is 11.3 Å². The van der Waals surface area contributed by atoms with Crippen LogP contribution in [0.15, 0.2) is 29.6 Å². The van der Waals surface area contributed by atoms with Crippen LogP contribution in [0, 0.1) is 15.9 Å². The predicted octanol–water partition coefficient (Wildman–Crippen LogP) is 3.96. The Kier molecular flexibility index (Phi) is 4.75. The van der Waals surface area contributed by atoms with Gasteiger partial charge in [0, 0.05) is 22.0 Å². The fourth-order valence-corrected chi connectivity index (χ4v) is 5.19. The van der Waals surface area contributed by atoms with E-state index >= 15 is 0 Å². The van der Waals surface area contributed by atoms with Crippen LogP contribution in [0.1, 0.15) is 16.9 Å². The second kappa shape index (κ2) is 7.20. The number of carbonyl (C=O) groups excluding carboxylic acids is 1. The summed E-state index contributed by atoms with van der Waals surface area (Å²) in [5.74, 6) is -1.20. The van der Waals surface area contributed by atoms with E-state index in [4.69, 9.17) is 0 Å². The van der Waals surface area contributed by atoms with Gasteiger partial charge in [0.1, 0.15) is 16.2 Å². The lowest BCUT2D eigenvalue weighted by Gasteiger charge is -2.06. The average Bonchev–Trinajstić information content (AvgIpc) is 3.22. The Morgan fingerprint density at radius 2 is 2.22 bits per heavy atom. The summed E-state index contributed by atoms with van der Waals surface area (Å²) in [7, 11) is 0. The number of thiophene rings is 1. The van der Waals surface area contributed by atoms with Crippen molar-refractivity contribution in [3.63, 3.8) is 0 Å². The maximum Gasteiger partial charge on any atom is 0.306 e. The fraction of sp³-hybridized carbons (Fsp3) is 0.235. The van der Waals surface area contributed by atoms with Gasteiger partial charge in [-0.05, 0) is 37.0 Å². The minimum absolute atomic E-state index is 0.0852. The van der Waals surface area contributed by atoms with E-state index in [9.17, 15) is 19.3 Å². The van der Waals surface area contributed by atoms with Crippen molar-refractivity contribution in [2.75, 3.05) is 11.1 Å². The first-order chi connectivity index (χ1) is 13.0. The SMILES string of the molecule is O=C(CSc1ncnc2sc3c(c12)CCC3)Nc1ccc(F)c([N+](=O)[O-])c1. The molecule has 7 nitrogen and oxygen atoms in total. The minimum atomic E-state index is -0.943. The molecule has 0 bridgehead atoms. The van der Waals surface area contributed by atoms with Crippen molar-refractivity contribution in [1.29, 1.82) is 0 Å². The van der Waals surface area contributed by atoms with Gasteiger partial charge in [0.2, 0.25) is 11.7 Å². The van der Waals surface area contributed by atoms with Crippen molar-refractivity contribution >= 4 is 50.6 Å². The molecule has 0 radical (unpaired) electrons. The zero-order chi connectivity index (χ0) is 19.0. The number of aryl methyl sites for hydroxylation is 2. The van der Waals surface area contributed by atoms with Gasteiger partial charge in [-0.1, -0.05) is 11.8 Å². The highest BCUT2D eigenvalue weighted by molar-refractivity contribution is 8.00. The number of thioether (sulfide) groups is 1. The molecule has 3 aromatic rings. The Morgan fingerprint density at radius 3 is 3.04 bits per heavy atom. The second-order valence-corrected chi connectivity index (χ2v) is 8.02. The quantitative estimate of drug-likeness (QED) is 0.299. The normalized spacial score (nSPS) is 12.9. The molecule has 2 heterocycles. The Labute approximate surface area is 161 Å². The Hall–Kier alpha value is -2.59. The number of benzene rings is 1. The summed E-state index contributed by atoms with van der Waals surface area (Å²) in [4.78, 5) is 33.1. The summed E-state index contributed by atoms with van der Waals surface area (Å²) >= 11 is 2.98. The molecule has 1 aliphatic carbocycles. The molecule has 0 fully saturated rings.